The number of hydrogen-bond donors (Lipinski definition) is 1. The number of anilines is 1. The highest BCUT2D eigenvalue weighted by Crippen LogP contribution is 2.29. The first-order chi connectivity index (χ1) is 12.6. The van der Waals surface area contributed by atoms with Crippen molar-refractivity contribution in [1.82, 2.24) is 10.2 Å². The summed E-state index contributed by atoms with van der Waals surface area (Å²) in [5.74, 6) is 1.06. The van der Waals surface area contributed by atoms with Crippen molar-refractivity contribution in [3.8, 4) is 22.1 Å². The number of ether oxygens (including phenoxy) is 2. The topological polar surface area (TPSA) is 73.3 Å². The number of rotatable bonds is 6. The molecule has 134 valence electrons. The third-order valence-corrected chi connectivity index (χ3v) is 4.64. The first-order valence-corrected chi connectivity index (χ1v) is 8.82. The molecule has 0 saturated carbocycles. The van der Waals surface area contributed by atoms with Gasteiger partial charge >= 0.3 is 0 Å². The SMILES string of the molecule is COc1ccc(CC(=O)Nc2nnc(-c3cccc(C)c3)s2)cc1OC. The average Bonchev–Trinajstić information content (AvgIpc) is 3.10. The molecule has 6 nitrogen and oxygen atoms in total. The molecule has 0 aliphatic carbocycles. The monoisotopic (exact) mass is 369 g/mol. The van der Waals surface area contributed by atoms with E-state index in [1.807, 2.05) is 37.3 Å². The van der Waals surface area contributed by atoms with Crippen molar-refractivity contribution in [2.75, 3.05) is 19.5 Å². The van der Waals surface area contributed by atoms with Crippen LogP contribution in [0.15, 0.2) is 42.5 Å². The second-order valence-corrected chi connectivity index (χ2v) is 6.67. The fourth-order valence-corrected chi connectivity index (χ4v) is 3.26. The van der Waals surface area contributed by atoms with Gasteiger partial charge in [-0.25, -0.2) is 0 Å². The Bertz CT molecular complexity index is 924. The fourth-order valence-electron chi connectivity index (χ4n) is 2.51. The van der Waals surface area contributed by atoms with Crippen molar-refractivity contribution in [3.63, 3.8) is 0 Å². The van der Waals surface area contributed by atoms with E-state index in [-0.39, 0.29) is 12.3 Å². The van der Waals surface area contributed by atoms with Crippen molar-refractivity contribution in [2.45, 2.75) is 13.3 Å². The Morgan fingerprint density at radius 1 is 1.08 bits per heavy atom. The van der Waals surface area contributed by atoms with Crippen LogP contribution in [0, 0.1) is 6.92 Å². The molecule has 1 N–H and O–H groups in total. The molecule has 0 unspecified atom stereocenters. The molecular formula is C19H19N3O3S. The molecule has 3 rings (SSSR count). The molecule has 3 aromatic rings. The normalized spacial score (nSPS) is 10.4. The summed E-state index contributed by atoms with van der Waals surface area (Å²) in [4.78, 5) is 12.3. The van der Waals surface area contributed by atoms with Crippen LogP contribution in [0.25, 0.3) is 10.6 Å². The lowest BCUT2D eigenvalue weighted by Gasteiger charge is -2.09. The summed E-state index contributed by atoms with van der Waals surface area (Å²) in [6, 6.07) is 13.4. The Morgan fingerprint density at radius 3 is 2.62 bits per heavy atom. The molecule has 0 aliphatic rings. The molecule has 1 amide bonds. The number of nitrogens with one attached hydrogen (secondary N) is 1. The maximum atomic E-state index is 12.3. The Balaban J connectivity index is 1.67. The molecular weight excluding hydrogens is 350 g/mol. The Hall–Kier alpha value is -2.93. The molecule has 0 fully saturated rings. The molecule has 0 aliphatic heterocycles. The first kappa shape index (κ1) is 17.9. The van der Waals surface area contributed by atoms with Gasteiger partial charge in [0.05, 0.1) is 20.6 Å². The molecule has 1 aromatic heterocycles. The van der Waals surface area contributed by atoms with E-state index in [9.17, 15) is 4.79 Å². The quantitative estimate of drug-likeness (QED) is 0.717. The summed E-state index contributed by atoms with van der Waals surface area (Å²) in [5.41, 5.74) is 2.96. The Labute approximate surface area is 155 Å². The second kappa shape index (κ2) is 7.97. The van der Waals surface area contributed by atoms with E-state index in [0.29, 0.717) is 16.6 Å². The van der Waals surface area contributed by atoms with Gasteiger partial charge in [0.15, 0.2) is 11.5 Å². The number of benzene rings is 2. The lowest BCUT2D eigenvalue weighted by molar-refractivity contribution is -0.115. The summed E-state index contributed by atoms with van der Waals surface area (Å²) >= 11 is 1.35. The van der Waals surface area contributed by atoms with Crippen LogP contribution in [0.2, 0.25) is 0 Å². The maximum Gasteiger partial charge on any atom is 0.230 e. The number of aryl methyl sites for hydroxylation is 1. The molecule has 26 heavy (non-hydrogen) atoms. The van der Waals surface area contributed by atoms with Gasteiger partial charge in [-0.05, 0) is 30.7 Å². The van der Waals surface area contributed by atoms with Crippen LogP contribution in [-0.4, -0.2) is 30.3 Å². The molecule has 1 heterocycles. The zero-order valence-corrected chi connectivity index (χ0v) is 15.6. The Morgan fingerprint density at radius 2 is 1.88 bits per heavy atom. The van der Waals surface area contributed by atoms with Gasteiger partial charge in [0.25, 0.3) is 0 Å². The molecule has 7 heteroatoms. The van der Waals surface area contributed by atoms with Gasteiger partial charge < -0.3 is 14.8 Å². The van der Waals surface area contributed by atoms with Crippen LogP contribution < -0.4 is 14.8 Å². The summed E-state index contributed by atoms with van der Waals surface area (Å²) in [5, 5.41) is 12.3. The number of hydrogen-bond acceptors (Lipinski definition) is 6. The van der Waals surface area contributed by atoms with Crippen molar-refractivity contribution in [1.29, 1.82) is 0 Å². The van der Waals surface area contributed by atoms with Crippen molar-refractivity contribution >= 4 is 22.4 Å². The van der Waals surface area contributed by atoms with E-state index in [4.69, 9.17) is 9.47 Å². The van der Waals surface area contributed by atoms with E-state index in [0.717, 1.165) is 21.7 Å². The Kier molecular flexibility index (Phi) is 5.48. The van der Waals surface area contributed by atoms with Gasteiger partial charge in [-0.2, -0.15) is 0 Å². The fraction of sp³-hybridized carbons (Fsp3) is 0.211. The van der Waals surface area contributed by atoms with Gasteiger partial charge in [0.1, 0.15) is 5.01 Å². The van der Waals surface area contributed by atoms with Gasteiger partial charge in [0, 0.05) is 5.56 Å². The zero-order valence-electron chi connectivity index (χ0n) is 14.8. The largest absolute Gasteiger partial charge is 0.493 e. The van der Waals surface area contributed by atoms with E-state index >= 15 is 0 Å². The number of aromatic nitrogens is 2. The predicted molar refractivity (Wildman–Crippen MR) is 102 cm³/mol. The van der Waals surface area contributed by atoms with E-state index < -0.39 is 0 Å². The summed E-state index contributed by atoms with van der Waals surface area (Å²) in [6.07, 6.45) is 0.208. The number of nitrogens with zero attached hydrogens (tertiary/aromatic N) is 2. The minimum atomic E-state index is -0.163. The third kappa shape index (κ3) is 4.18. The molecule has 0 spiro atoms. The zero-order chi connectivity index (χ0) is 18.5. The van der Waals surface area contributed by atoms with Crippen LogP contribution in [0.4, 0.5) is 5.13 Å². The van der Waals surface area contributed by atoms with Gasteiger partial charge in [0.2, 0.25) is 11.0 Å². The van der Waals surface area contributed by atoms with Gasteiger partial charge in [-0.3, -0.25) is 4.79 Å². The van der Waals surface area contributed by atoms with E-state index in [2.05, 4.69) is 15.5 Å². The number of carbonyl (C=O) groups is 1. The molecule has 2 aromatic carbocycles. The highest BCUT2D eigenvalue weighted by Gasteiger charge is 2.12. The smallest absolute Gasteiger partial charge is 0.230 e. The van der Waals surface area contributed by atoms with E-state index in [1.165, 1.54) is 11.3 Å². The number of methoxy groups -OCH3 is 2. The van der Waals surface area contributed by atoms with Crippen molar-refractivity contribution in [2.24, 2.45) is 0 Å². The molecule has 0 radical (unpaired) electrons. The lowest BCUT2D eigenvalue weighted by atomic mass is 10.1. The first-order valence-electron chi connectivity index (χ1n) is 8.00. The number of carbonyl (C=O) groups excluding carboxylic acids is 1. The van der Waals surface area contributed by atoms with E-state index in [1.54, 1.807) is 26.4 Å². The minimum absolute atomic E-state index is 0.163. The standard InChI is InChI=1S/C19H19N3O3S/c1-12-5-4-6-14(9-12)18-21-22-19(26-18)20-17(23)11-13-7-8-15(24-2)16(10-13)25-3/h4-10H,11H2,1-3H3,(H,20,22,23). The highest BCUT2D eigenvalue weighted by molar-refractivity contribution is 7.18. The van der Waals surface area contributed by atoms with Crippen LogP contribution in [-0.2, 0) is 11.2 Å². The summed E-state index contributed by atoms with van der Waals surface area (Å²) in [7, 11) is 3.14. The predicted octanol–water partition coefficient (Wildman–Crippen LogP) is 3.71. The van der Waals surface area contributed by atoms with Gasteiger partial charge in [-0.15, -0.1) is 10.2 Å². The maximum absolute atomic E-state index is 12.3. The van der Waals surface area contributed by atoms with Crippen LogP contribution in [0.5, 0.6) is 11.5 Å². The molecule has 0 saturated heterocycles. The summed E-state index contributed by atoms with van der Waals surface area (Å²) < 4.78 is 10.5. The van der Waals surface area contributed by atoms with Crippen LogP contribution in [0.1, 0.15) is 11.1 Å². The molecule has 0 bridgehead atoms. The van der Waals surface area contributed by atoms with Crippen LogP contribution >= 0.6 is 11.3 Å². The minimum Gasteiger partial charge on any atom is -0.493 e. The van der Waals surface area contributed by atoms with Crippen molar-refractivity contribution in [3.05, 3.63) is 53.6 Å². The number of amides is 1. The van der Waals surface area contributed by atoms with Crippen molar-refractivity contribution < 1.29 is 14.3 Å². The second-order valence-electron chi connectivity index (χ2n) is 5.70. The summed E-state index contributed by atoms with van der Waals surface area (Å²) in [6.45, 7) is 2.02. The van der Waals surface area contributed by atoms with Crippen LogP contribution in [0.3, 0.4) is 0 Å². The third-order valence-electron chi connectivity index (χ3n) is 3.75. The van der Waals surface area contributed by atoms with Gasteiger partial charge in [-0.1, -0.05) is 41.2 Å². The molecule has 0 atom stereocenters. The highest BCUT2D eigenvalue weighted by atomic mass is 32.1. The lowest BCUT2D eigenvalue weighted by Crippen LogP contribution is -2.14. The average molecular weight is 369 g/mol.